The summed E-state index contributed by atoms with van der Waals surface area (Å²) < 4.78 is 30.3. The fraction of sp³-hybridized carbons (Fsp3) is 0.600. The summed E-state index contributed by atoms with van der Waals surface area (Å²) in [5, 5.41) is 0. The number of likely N-dealkylation sites (tertiary alicyclic amines) is 1. The van der Waals surface area contributed by atoms with E-state index >= 15 is 0 Å². The summed E-state index contributed by atoms with van der Waals surface area (Å²) in [5.41, 5.74) is 0.584. The standard InChI is InChI=1S/C15H21N3O4S/c1-22-13-4-3-11(10-16-13)14(19)18-7-5-15(6-8-18)9-12(15)17-23(2,20)21/h3-4,10,12,17H,5-9H2,1-2H3. The Morgan fingerprint density at radius 1 is 1.39 bits per heavy atom. The molecule has 2 heterocycles. The molecule has 3 rings (SSSR count). The molecule has 23 heavy (non-hydrogen) atoms. The van der Waals surface area contributed by atoms with Crippen LogP contribution in [0.1, 0.15) is 29.6 Å². The van der Waals surface area contributed by atoms with Crippen molar-refractivity contribution in [3.8, 4) is 5.88 Å². The highest BCUT2D eigenvalue weighted by atomic mass is 32.2. The van der Waals surface area contributed by atoms with Gasteiger partial charge >= 0.3 is 0 Å². The molecule has 1 atom stereocenters. The van der Waals surface area contributed by atoms with Crippen molar-refractivity contribution >= 4 is 15.9 Å². The first-order valence-corrected chi connectivity index (χ1v) is 9.49. The second-order valence-corrected chi connectivity index (χ2v) is 8.17. The summed E-state index contributed by atoms with van der Waals surface area (Å²) in [7, 11) is -1.63. The average molecular weight is 339 g/mol. The van der Waals surface area contributed by atoms with Gasteiger partial charge in [0, 0.05) is 31.4 Å². The number of pyridine rings is 1. The molecule has 0 bridgehead atoms. The first kappa shape index (κ1) is 16.2. The van der Waals surface area contributed by atoms with Crippen molar-refractivity contribution < 1.29 is 17.9 Å². The number of nitrogens with one attached hydrogen (secondary N) is 1. The highest BCUT2D eigenvalue weighted by Gasteiger charge is 2.56. The largest absolute Gasteiger partial charge is 0.481 e. The van der Waals surface area contributed by atoms with Crippen LogP contribution in [0.25, 0.3) is 0 Å². The predicted molar refractivity (Wildman–Crippen MR) is 84.7 cm³/mol. The highest BCUT2D eigenvalue weighted by Crippen LogP contribution is 2.54. The van der Waals surface area contributed by atoms with Gasteiger partial charge in [0.2, 0.25) is 15.9 Å². The molecule has 1 amide bonds. The van der Waals surface area contributed by atoms with Crippen LogP contribution in [0.5, 0.6) is 5.88 Å². The lowest BCUT2D eigenvalue weighted by Crippen LogP contribution is -2.41. The van der Waals surface area contributed by atoms with Crippen molar-refractivity contribution in [2.24, 2.45) is 5.41 Å². The number of hydrogen-bond donors (Lipinski definition) is 1. The van der Waals surface area contributed by atoms with Crippen molar-refractivity contribution in [2.45, 2.75) is 25.3 Å². The summed E-state index contributed by atoms with van der Waals surface area (Å²) in [6, 6.07) is 3.41. The van der Waals surface area contributed by atoms with Crippen molar-refractivity contribution in [1.82, 2.24) is 14.6 Å². The number of nitrogens with zero attached hydrogens (tertiary/aromatic N) is 2. The third-order valence-corrected chi connectivity index (χ3v) is 5.50. The molecule has 0 aromatic carbocycles. The van der Waals surface area contributed by atoms with E-state index in [1.54, 1.807) is 12.1 Å². The molecule has 7 nitrogen and oxygen atoms in total. The van der Waals surface area contributed by atoms with E-state index in [2.05, 4.69) is 9.71 Å². The minimum Gasteiger partial charge on any atom is -0.481 e. The van der Waals surface area contributed by atoms with Gasteiger partial charge in [0.05, 0.1) is 18.9 Å². The Labute approximate surface area is 136 Å². The molecule has 2 fully saturated rings. The van der Waals surface area contributed by atoms with Crippen molar-refractivity contribution in [1.29, 1.82) is 0 Å². The van der Waals surface area contributed by atoms with Gasteiger partial charge in [-0.2, -0.15) is 0 Å². The lowest BCUT2D eigenvalue weighted by atomic mass is 9.92. The molecule has 2 aliphatic rings. The molecule has 0 radical (unpaired) electrons. The molecule has 8 heteroatoms. The predicted octanol–water partition coefficient (Wildman–Crippen LogP) is 0.634. The Morgan fingerprint density at radius 2 is 2.09 bits per heavy atom. The zero-order chi connectivity index (χ0) is 16.7. The van der Waals surface area contributed by atoms with Crippen molar-refractivity contribution in [2.75, 3.05) is 26.5 Å². The number of carbonyl (C=O) groups excluding carboxylic acids is 1. The number of aromatic nitrogens is 1. The van der Waals surface area contributed by atoms with E-state index in [4.69, 9.17) is 4.74 Å². The zero-order valence-electron chi connectivity index (χ0n) is 13.3. The van der Waals surface area contributed by atoms with Crippen LogP contribution < -0.4 is 9.46 Å². The van der Waals surface area contributed by atoms with Gasteiger partial charge in [0.1, 0.15) is 0 Å². The number of rotatable bonds is 4. The molecule has 126 valence electrons. The summed E-state index contributed by atoms with van der Waals surface area (Å²) >= 11 is 0. The van der Waals surface area contributed by atoms with E-state index < -0.39 is 10.0 Å². The van der Waals surface area contributed by atoms with Gasteiger partial charge in [-0.1, -0.05) is 0 Å². The van der Waals surface area contributed by atoms with Crippen molar-refractivity contribution in [3.05, 3.63) is 23.9 Å². The number of piperidine rings is 1. The van der Waals surface area contributed by atoms with Crippen LogP contribution >= 0.6 is 0 Å². The maximum absolute atomic E-state index is 12.5. The molecule has 1 saturated carbocycles. The molecule has 1 aromatic rings. The number of methoxy groups -OCH3 is 1. The maximum Gasteiger partial charge on any atom is 0.255 e. The Hall–Kier alpha value is -1.67. The van der Waals surface area contributed by atoms with E-state index in [0.717, 1.165) is 19.3 Å². The fourth-order valence-electron chi connectivity index (χ4n) is 3.29. The second kappa shape index (κ2) is 5.76. The lowest BCUT2D eigenvalue weighted by molar-refractivity contribution is 0.0673. The monoisotopic (exact) mass is 339 g/mol. The molecular weight excluding hydrogens is 318 g/mol. The number of amides is 1. The smallest absolute Gasteiger partial charge is 0.255 e. The molecular formula is C15H21N3O4S. The fourth-order valence-corrected chi connectivity index (χ4v) is 4.14. The first-order chi connectivity index (χ1) is 10.8. The Bertz CT molecular complexity index is 694. The topological polar surface area (TPSA) is 88.6 Å². The molecule has 1 N–H and O–H groups in total. The Morgan fingerprint density at radius 3 is 2.61 bits per heavy atom. The normalized spacial score (nSPS) is 22.9. The Balaban J connectivity index is 1.58. The maximum atomic E-state index is 12.5. The van der Waals surface area contributed by atoms with E-state index in [-0.39, 0.29) is 17.4 Å². The molecule has 1 aliphatic heterocycles. The Kier molecular flexibility index (Phi) is 4.05. The molecule has 1 unspecified atom stereocenters. The van der Waals surface area contributed by atoms with Crippen LogP contribution in [0.4, 0.5) is 0 Å². The van der Waals surface area contributed by atoms with Gasteiger partial charge in [0.25, 0.3) is 5.91 Å². The SMILES string of the molecule is COc1ccc(C(=O)N2CCC3(CC2)CC3NS(C)(=O)=O)cn1. The number of carbonyl (C=O) groups is 1. The van der Waals surface area contributed by atoms with Gasteiger partial charge < -0.3 is 9.64 Å². The van der Waals surface area contributed by atoms with Crippen LogP contribution in [0.3, 0.4) is 0 Å². The minimum absolute atomic E-state index is 0.0254. The molecule has 1 aliphatic carbocycles. The van der Waals surface area contributed by atoms with Gasteiger partial charge in [-0.3, -0.25) is 4.79 Å². The molecule has 1 spiro atoms. The summed E-state index contributed by atoms with van der Waals surface area (Å²) in [4.78, 5) is 18.3. The van der Waals surface area contributed by atoms with Gasteiger partial charge in [-0.05, 0) is 30.7 Å². The van der Waals surface area contributed by atoms with Crippen molar-refractivity contribution in [3.63, 3.8) is 0 Å². The summed E-state index contributed by atoms with van der Waals surface area (Å²) in [6.45, 7) is 1.29. The van der Waals surface area contributed by atoms with Crippen LogP contribution in [-0.2, 0) is 10.0 Å². The van der Waals surface area contributed by atoms with Gasteiger partial charge in [-0.25, -0.2) is 18.1 Å². The van der Waals surface area contributed by atoms with E-state index in [1.807, 2.05) is 4.90 Å². The second-order valence-electron chi connectivity index (χ2n) is 6.39. The number of sulfonamides is 1. The van der Waals surface area contributed by atoms with Crippen LogP contribution in [0.2, 0.25) is 0 Å². The highest BCUT2D eigenvalue weighted by molar-refractivity contribution is 7.88. The lowest BCUT2D eigenvalue weighted by Gasteiger charge is -2.33. The number of ether oxygens (including phenoxy) is 1. The zero-order valence-corrected chi connectivity index (χ0v) is 14.1. The molecule has 1 aromatic heterocycles. The molecule has 1 saturated heterocycles. The quantitative estimate of drug-likeness (QED) is 0.869. The van der Waals surface area contributed by atoms with E-state index in [9.17, 15) is 13.2 Å². The third-order valence-electron chi connectivity index (χ3n) is 4.78. The van der Waals surface area contributed by atoms with E-state index in [0.29, 0.717) is 24.5 Å². The van der Waals surface area contributed by atoms with E-state index in [1.165, 1.54) is 19.6 Å². The summed E-state index contributed by atoms with van der Waals surface area (Å²) in [5.74, 6) is 0.440. The first-order valence-electron chi connectivity index (χ1n) is 7.60. The summed E-state index contributed by atoms with van der Waals surface area (Å²) in [6.07, 6.45) is 5.24. The number of hydrogen-bond acceptors (Lipinski definition) is 5. The van der Waals surface area contributed by atoms with Crippen LogP contribution in [0, 0.1) is 5.41 Å². The van der Waals surface area contributed by atoms with Crippen LogP contribution in [0.15, 0.2) is 18.3 Å². The van der Waals surface area contributed by atoms with Gasteiger partial charge in [-0.15, -0.1) is 0 Å². The van der Waals surface area contributed by atoms with Crippen LogP contribution in [-0.4, -0.2) is 56.7 Å². The minimum atomic E-state index is -3.17. The third kappa shape index (κ3) is 3.48. The average Bonchev–Trinajstić information content (AvgIpc) is 3.16. The van der Waals surface area contributed by atoms with Gasteiger partial charge in [0.15, 0.2) is 0 Å².